The number of halogens is 3. The highest BCUT2D eigenvalue weighted by Crippen LogP contribution is 2.32. The van der Waals surface area contributed by atoms with Crippen LogP contribution in [0, 0.1) is 0 Å². The first-order valence-corrected chi connectivity index (χ1v) is 9.53. The van der Waals surface area contributed by atoms with Crippen LogP contribution in [0.15, 0.2) is 27.7 Å². The molecule has 0 amide bonds. The Hall–Kier alpha value is -2.30. The van der Waals surface area contributed by atoms with Crippen molar-refractivity contribution in [3.05, 3.63) is 17.8 Å². The first kappa shape index (κ1) is 19.5. The van der Waals surface area contributed by atoms with Crippen molar-refractivity contribution < 1.29 is 13.2 Å². The number of H-pyrrole nitrogens is 1. The van der Waals surface area contributed by atoms with Gasteiger partial charge in [-0.1, -0.05) is 19.3 Å². The number of rotatable bonds is 5. The van der Waals surface area contributed by atoms with Crippen molar-refractivity contribution in [2.75, 3.05) is 11.5 Å². The summed E-state index contributed by atoms with van der Waals surface area (Å²) < 4.78 is 40.8. The molecule has 146 valence electrons. The van der Waals surface area contributed by atoms with Gasteiger partial charge in [0.25, 0.3) is 0 Å². The van der Waals surface area contributed by atoms with Crippen LogP contribution in [0.4, 0.5) is 19.0 Å². The van der Waals surface area contributed by atoms with Gasteiger partial charge in [0.1, 0.15) is 17.0 Å². The summed E-state index contributed by atoms with van der Waals surface area (Å²) in [5.74, 6) is 0.191. The third kappa shape index (κ3) is 4.71. The molecular weight excluding hydrogens is 379 g/mol. The van der Waals surface area contributed by atoms with Crippen molar-refractivity contribution >= 4 is 34.5 Å². The predicted octanol–water partition coefficient (Wildman–Crippen LogP) is 3.21. The van der Waals surface area contributed by atoms with Gasteiger partial charge in [0.2, 0.25) is 5.65 Å². The minimum Gasteiger partial charge on any atom is -0.404 e. The fourth-order valence-electron chi connectivity index (χ4n) is 3.02. The molecule has 1 aliphatic carbocycles. The van der Waals surface area contributed by atoms with Gasteiger partial charge in [0.05, 0.1) is 6.04 Å². The van der Waals surface area contributed by atoms with E-state index >= 15 is 0 Å². The number of aromatic amines is 1. The Bertz CT molecular complexity index is 853. The van der Waals surface area contributed by atoms with Crippen LogP contribution in [-0.2, 0) is 0 Å². The van der Waals surface area contributed by atoms with Crippen molar-refractivity contribution in [3.8, 4) is 0 Å². The number of anilines is 1. The van der Waals surface area contributed by atoms with Crippen molar-refractivity contribution in [1.29, 1.82) is 0 Å². The van der Waals surface area contributed by atoms with E-state index in [2.05, 4.69) is 25.4 Å². The molecule has 1 aliphatic rings. The molecule has 11 heteroatoms. The van der Waals surface area contributed by atoms with Gasteiger partial charge < -0.3 is 11.5 Å². The minimum atomic E-state index is -4.57. The number of alkyl halides is 3. The zero-order valence-electron chi connectivity index (χ0n) is 14.5. The Morgan fingerprint density at radius 2 is 2.04 bits per heavy atom. The van der Waals surface area contributed by atoms with E-state index < -0.39 is 11.9 Å². The fraction of sp³-hybridized carbons (Fsp3) is 0.500. The number of hydrogen-bond acceptors (Lipinski definition) is 7. The SMILES string of the molecule is NC=C(CSc1cc(N)nc2n[nH]nc12)C(=NC1CCCCC1)C(F)(F)F. The van der Waals surface area contributed by atoms with E-state index in [0.29, 0.717) is 28.9 Å². The molecule has 7 nitrogen and oxygen atoms in total. The van der Waals surface area contributed by atoms with Gasteiger partial charge >= 0.3 is 6.18 Å². The molecule has 3 rings (SSSR count). The monoisotopic (exact) mass is 399 g/mol. The highest BCUT2D eigenvalue weighted by molar-refractivity contribution is 7.99. The van der Waals surface area contributed by atoms with E-state index in [1.807, 2.05) is 0 Å². The average molecular weight is 399 g/mol. The maximum Gasteiger partial charge on any atom is 0.433 e. The Labute approximate surface area is 157 Å². The molecule has 0 saturated heterocycles. The van der Waals surface area contributed by atoms with Gasteiger partial charge in [-0.05, 0) is 18.9 Å². The lowest BCUT2D eigenvalue weighted by Crippen LogP contribution is -2.29. The number of nitrogens with two attached hydrogens (primary N) is 2. The lowest BCUT2D eigenvalue weighted by atomic mass is 9.95. The highest BCUT2D eigenvalue weighted by Gasteiger charge is 2.38. The normalized spacial score (nSPS) is 17.6. The summed E-state index contributed by atoms with van der Waals surface area (Å²) in [4.78, 5) is 8.60. The van der Waals surface area contributed by atoms with Gasteiger partial charge in [-0.25, -0.2) is 4.98 Å². The van der Waals surface area contributed by atoms with Gasteiger partial charge in [0.15, 0.2) is 0 Å². The van der Waals surface area contributed by atoms with Crippen LogP contribution in [0.3, 0.4) is 0 Å². The smallest absolute Gasteiger partial charge is 0.404 e. The third-order valence-electron chi connectivity index (χ3n) is 4.32. The van der Waals surface area contributed by atoms with E-state index in [-0.39, 0.29) is 23.2 Å². The second kappa shape index (κ2) is 8.15. The zero-order valence-corrected chi connectivity index (χ0v) is 15.3. The van der Waals surface area contributed by atoms with E-state index in [0.717, 1.165) is 37.2 Å². The second-order valence-electron chi connectivity index (χ2n) is 6.29. The van der Waals surface area contributed by atoms with Crippen molar-refractivity contribution in [1.82, 2.24) is 20.4 Å². The molecule has 0 aromatic carbocycles. The van der Waals surface area contributed by atoms with Gasteiger partial charge in [0, 0.05) is 22.4 Å². The number of nitrogens with one attached hydrogen (secondary N) is 1. The summed E-state index contributed by atoms with van der Waals surface area (Å²) in [5, 5.41) is 10.3. The van der Waals surface area contributed by atoms with Crippen molar-refractivity contribution in [2.45, 2.75) is 49.2 Å². The van der Waals surface area contributed by atoms with E-state index in [4.69, 9.17) is 11.5 Å². The Balaban J connectivity index is 1.83. The molecule has 2 heterocycles. The standard InChI is InChI=1S/C16H20F3N7S/c17-16(18,19)14(22-10-4-2-1-3-5-10)9(7-20)8-27-11-6-12(21)23-15-13(11)24-26-25-15/h6-7,10H,1-5,8,20H2,(H3,21,23,24,25,26). The second-order valence-corrected chi connectivity index (χ2v) is 7.31. The molecule has 0 radical (unpaired) electrons. The van der Waals surface area contributed by atoms with Crippen molar-refractivity contribution in [2.24, 2.45) is 10.7 Å². The number of fused-ring (bicyclic) bond motifs is 1. The van der Waals surface area contributed by atoms with Crippen LogP contribution < -0.4 is 11.5 Å². The highest BCUT2D eigenvalue weighted by atomic mass is 32.2. The Morgan fingerprint density at radius 1 is 1.30 bits per heavy atom. The summed E-state index contributed by atoms with van der Waals surface area (Å²) >= 11 is 1.14. The van der Waals surface area contributed by atoms with Crippen LogP contribution in [0.2, 0.25) is 0 Å². The number of nitrogens with zero attached hydrogens (tertiary/aromatic N) is 4. The lowest BCUT2D eigenvalue weighted by molar-refractivity contribution is -0.0586. The minimum absolute atomic E-state index is 0.0209. The number of nitrogen functional groups attached to an aromatic ring is 1. The van der Waals surface area contributed by atoms with Gasteiger partial charge in [-0.3, -0.25) is 4.99 Å². The Kier molecular flexibility index (Phi) is 5.88. The third-order valence-corrected chi connectivity index (χ3v) is 5.40. The number of pyridine rings is 1. The fourth-order valence-corrected chi connectivity index (χ4v) is 4.04. The lowest BCUT2D eigenvalue weighted by Gasteiger charge is -2.21. The number of aromatic nitrogens is 4. The number of aliphatic imine (C=N–C) groups is 1. The van der Waals surface area contributed by atoms with Crippen molar-refractivity contribution in [3.63, 3.8) is 0 Å². The first-order valence-electron chi connectivity index (χ1n) is 8.54. The Morgan fingerprint density at radius 3 is 2.70 bits per heavy atom. The van der Waals surface area contributed by atoms with Crippen LogP contribution in [0.5, 0.6) is 0 Å². The largest absolute Gasteiger partial charge is 0.433 e. The first-order chi connectivity index (χ1) is 12.9. The molecule has 1 saturated carbocycles. The summed E-state index contributed by atoms with van der Waals surface area (Å²) in [7, 11) is 0. The summed E-state index contributed by atoms with van der Waals surface area (Å²) in [6.45, 7) is 0. The summed E-state index contributed by atoms with van der Waals surface area (Å²) in [6, 6.07) is 1.24. The van der Waals surface area contributed by atoms with Gasteiger partial charge in [-0.15, -0.1) is 16.9 Å². The van der Waals surface area contributed by atoms with Crippen LogP contribution in [0.25, 0.3) is 11.2 Å². The molecule has 0 aliphatic heterocycles. The number of hydrogen-bond donors (Lipinski definition) is 3. The quantitative estimate of drug-likeness (QED) is 0.525. The molecule has 5 N–H and O–H groups in total. The number of thioether (sulfide) groups is 1. The van der Waals surface area contributed by atoms with Crippen LogP contribution >= 0.6 is 11.8 Å². The van der Waals surface area contributed by atoms with E-state index in [1.165, 1.54) is 0 Å². The van der Waals surface area contributed by atoms with Crippen LogP contribution in [0.1, 0.15) is 32.1 Å². The van der Waals surface area contributed by atoms with E-state index in [9.17, 15) is 13.2 Å². The van der Waals surface area contributed by atoms with E-state index in [1.54, 1.807) is 6.07 Å². The molecule has 0 bridgehead atoms. The molecule has 0 unspecified atom stereocenters. The maximum atomic E-state index is 13.6. The zero-order chi connectivity index (χ0) is 19.4. The average Bonchev–Trinajstić information content (AvgIpc) is 3.09. The molecule has 0 spiro atoms. The molecule has 2 aromatic rings. The topological polar surface area (TPSA) is 119 Å². The maximum absolute atomic E-state index is 13.6. The molecule has 1 fully saturated rings. The molecule has 2 aromatic heterocycles. The molecular formula is C16H20F3N7S. The summed E-state index contributed by atoms with van der Waals surface area (Å²) in [5.41, 5.74) is 11.1. The van der Waals surface area contributed by atoms with Crippen LogP contribution in [-0.4, -0.2) is 44.1 Å². The summed E-state index contributed by atoms with van der Waals surface area (Å²) in [6.07, 6.45) is 0.596. The predicted molar refractivity (Wildman–Crippen MR) is 99.5 cm³/mol. The molecule has 0 atom stereocenters. The molecule has 27 heavy (non-hydrogen) atoms. The van der Waals surface area contributed by atoms with Gasteiger partial charge in [-0.2, -0.15) is 23.5 Å².